The van der Waals surface area contributed by atoms with Crippen LogP contribution in [0, 0.1) is 0 Å². The van der Waals surface area contributed by atoms with Crippen molar-refractivity contribution in [3.05, 3.63) is 65.9 Å². The highest BCUT2D eigenvalue weighted by molar-refractivity contribution is 5.98. The van der Waals surface area contributed by atoms with Crippen LogP contribution in [0.2, 0.25) is 0 Å². The molecule has 0 unspecified atom stereocenters. The molecule has 1 heterocycles. The summed E-state index contributed by atoms with van der Waals surface area (Å²) in [6.07, 6.45) is 0. The Bertz CT molecular complexity index is 1110. The van der Waals surface area contributed by atoms with Gasteiger partial charge < -0.3 is 14.8 Å². The molecule has 0 spiro atoms. The summed E-state index contributed by atoms with van der Waals surface area (Å²) < 4.78 is 11.0. The average molecular weight is 451 g/mol. The minimum absolute atomic E-state index is 0.177. The average Bonchev–Trinajstić information content (AvgIpc) is 3.33. The van der Waals surface area contributed by atoms with Crippen LogP contribution in [0.25, 0.3) is 11.3 Å². The molecule has 0 bridgehead atoms. The smallest absolute Gasteiger partial charge is 0.287 e. The van der Waals surface area contributed by atoms with Gasteiger partial charge in [-0.1, -0.05) is 30.3 Å². The summed E-state index contributed by atoms with van der Waals surface area (Å²) >= 11 is 0. The number of carbonyl (C=O) groups is 3. The maximum Gasteiger partial charge on any atom is 0.287 e. The first-order valence-corrected chi connectivity index (χ1v) is 10.4. The third kappa shape index (κ3) is 6.33. The SMILES string of the molecule is CCOc1ccc(C(=O)NCC(=O)NNC(=O)c2cc(-c3ccccc3)n[nH]2)cc1OCC. The Morgan fingerprint density at radius 2 is 1.61 bits per heavy atom. The Balaban J connectivity index is 1.49. The highest BCUT2D eigenvalue weighted by atomic mass is 16.5. The number of nitrogens with one attached hydrogen (secondary N) is 4. The van der Waals surface area contributed by atoms with Crippen molar-refractivity contribution in [3.8, 4) is 22.8 Å². The molecule has 0 aliphatic carbocycles. The van der Waals surface area contributed by atoms with E-state index in [1.54, 1.807) is 24.3 Å². The topological polar surface area (TPSA) is 134 Å². The summed E-state index contributed by atoms with van der Waals surface area (Å²) in [4.78, 5) is 36.7. The lowest BCUT2D eigenvalue weighted by Crippen LogP contribution is -2.46. The lowest BCUT2D eigenvalue weighted by molar-refractivity contribution is -0.120. The number of ether oxygens (including phenoxy) is 2. The van der Waals surface area contributed by atoms with E-state index >= 15 is 0 Å². The summed E-state index contributed by atoms with van der Waals surface area (Å²) in [6, 6.07) is 15.7. The van der Waals surface area contributed by atoms with E-state index in [9.17, 15) is 14.4 Å². The highest BCUT2D eigenvalue weighted by Gasteiger charge is 2.14. The first kappa shape index (κ1) is 23.3. The molecule has 3 rings (SSSR count). The van der Waals surface area contributed by atoms with Gasteiger partial charge in [0.15, 0.2) is 11.5 Å². The van der Waals surface area contributed by atoms with Gasteiger partial charge in [-0.05, 0) is 38.1 Å². The van der Waals surface area contributed by atoms with Crippen LogP contribution in [-0.2, 0) is 4.79 Å². The second-order valence-corrected chi connectivity index (χ2v) is 6.75. The van der Waals surface area contributed by atoms with Gasteiger partial charge in [-0.15, -0.1) is 0 Å². The molecule has 0 fully saturated rings. The van der Waals surface area contributed by atoms with E-state index in [0.717, 1.165) is 5.56 Å². The molecule has 3 amide bonds. The second-order valence-electron chi connectivity index (χ2n) is 6.75. The van der Waals surface area contributed by atoms with Crippen molar-refractivity contribution in [1.29, 1.82) is 0 Å². The fraction of sp³-hybridized carbons (Fsp3) is 0.217. The lowest BCUT2D eigenvalue weighted by Gasteiger charge is -2.12. The van der Waals surface area contributed by atoms with Crippen LogP contribution in [-0.4, -0.2) is 47.7 Å². The van der Waals surface area contributed by atoms with E-state index in [-0.39, 0.29) is 12.2 Å². The fourth-order valence-electron chi connectivity index (χ4n) is 2.89. The minimum Gasteiger partial charge on any atom is -0.490 e. The molecule has 0 saturated heterocycles. The van der Waals surface area contributed by atoms with Gasteiger partial charge in [0.2, 0.25) is 0 Å². The summed E-state index contributed by atoms with van der Waals surface area (Å²) in [5.74, 6) is -0.669. The number of amides is 3. The van der Waals surface area contributed by atoms with E-state index in [1.165, 1.54) is 0 Å². The maximum absolute atomic E-state index is 12.4. The molecule has 0 atom stereocenters. The van der Waals surface area contributed by atoms with Crippen molar-refractivity contribution in [3.63, 3.8) is 0 Å². The zero-order valence-corrected chi connectivity index (χ0v) is 18.3. The van der Waals surface area contributed by atoms with Crippen LogP contribution in [0.5, 0.6) is 11.5 Å². The summed E-state index contributed by atoms with van der Waals surface area (Å²) in [6.45, 7) is 4.21. The molecule has 3 aromatic rings. The lowest BCUT2D eigenvalue weighted by atomic mass is 10.1. The van der Waals surface area contributed by atoms with Crippen LogP contribution >= 0.6 is 0 Å². The number of aromatic nitrogens is 2. The Morgan fingerprint density at radius 1 is 0.879 bits per heavy atom. The first-order chi connectivity index (χ1) is 16.0. The van der Waals surface area contributed by atoms with Crippen molar-refractivity contribution in [1.82, 2.24) is 26.4 Å². The third-order valence-electron chi connectivity index (χ3n) is 4.42. The normalized spacial score (nSPS) is 10.2. The van der Waals surface area contributed by atoms with E-state index in [0.29, 0.717) is 36.0 Å². The summed E-state index contributed by atoms with van der Waals surface area (Å²) in [5.41, 5.74) is 6.46. The van der Waals surface area contributed by atoms with E-state index < -0.39 is 17.7 Å². The van der Waals surface area contributed by atoms with Gasteiger partial charge in [0, 0.05) is 11.1 Å². The Morgan fingerprint density at radius 3 is 2.33 bits per heavy atom. The summed E-state index contributed by atoms with van der Waals surface area (Å²) in [7, 11) is 0. The number of nitrogens with zero attached hydrogens (tertiary/aromatic N) is 1. The molecule has 4 N–H and O–H groups in total. The van der Waals surface area contributed by atoms with Gasteiger partial charge in [-0.2, -0.15) is 5.10 Å². The standard InChI is InChI=1S/C23H25N5O5/c1-3-32-19-11-10-16(12-20(19)33-4-2)22(30)24-14-21(29)27-28-23(31)18-13-17(25-26-18)15-8-6-5-7-9-15/h5-13H,3-4,14H2,1-2H3,(H,24,30)(H,25,26)(H,27,29)(H,28,31). The molecule has 0 saturated carbocycles. The van der Waals surface area contributed by atoms with Gasteiger partial charge in [0.1, 0.15) is 5.69 Å². The third-order valence-corrected chi connectivity index (χ3v) is 4.42. The fourth-order valence-corrected chi connectivity index (χ4v) is 2.89. The largest absolute Gasteiger partial charge is 0.490 e. The number of hydrogen-bond donors (Lipinski definition) is 4. The Labute approximate surface area is 190 Å². The molecule has 1 aromatic heterocycles. The number of H-pyrrole nitrogens is 1. The zero-order chi connectivity index (χ0) is 23.6. The molecule has 2 aromatic carbocycles. The maximum atomic E-state index is 12.4. The molecule has 10 heteroatoms. The number of carbonyl (C=O) groups excluding carboxylic acids is 3. The molecular weight excluding hydrogens is 426 g/mol. The molecule has 0 radical (unpaired) electrons. The Hall–Kier alpha value is -4.34. The van der Waals surface area contributed by atoms with Crippen molar-refractivity contribution < 1.29 is 23.9 Å². The summed E-state index contributed by atoms with van der Waals surface area (Å²) in [5, 5.41) is 9.20. The molecular formula is C23H25N5O5. The van der Waals surface area contributed by atoms with Crippen LogP contribution < -0.4 is 25.6 Å². The molecule has 0 aliphatic heterocycles. The molecule has 33 heavy (non-hydrogen) atoms. The second kappa shape index (κ2) is 11.3. The van der Waals surface area contributed by atoms with E-state index in [1.807, 2.05) is 44.2 Å². The van der Waals surface area contributed by atoms with Crippen molar-refractivity contribution in [2.24, 2.45) is 0 Å². The van der Waals surface area contributed by atoms with Crippen LogP contribution in [0.1, 0.15) is 34.7 Å². The van der Waals surface area contributed by atoms with Crippen LogP contribution in [0.3, 0.4) is 0 Å². The predicted octanol–water partition coefficient (Wildman–Crippen LogP) is 2.07. The van der Waals surface area contributed by atoms with Gasteiger partial charge >= 0.3 is 0 Å². The number of rotatable bonds is 9. The highest BCUT2D eigenvalue weighted by Crippen LogP contribution is 2.28. The van der Waals surface area contributed by atoms with Gasteiger partial charge in [0.05, 0.1) is 25.5 Å². The number of hydrazine groups is 1. The van der Waals surface area contributed by atoms with E-state index in [2.05, 4.69) is 26.4 Å². The number of benzene rings is 2. The number of aromatic amines is 1. The van der Waals surface area contributed by atoms with Gasteiger partial charge in [-0.25, -0.2) is 0 Å². The van der Waals surface area contributed by atoms with E-state index in [4.69, 9.17) is 9.47 Å². The Kier molecular flexibility index (Phi) is 8.01. The van der Waals surface area contributed by atoms with Crippen LogP contribution in [0.4, 0.5) is 0 Å². The van der Waals surface area contributed by atoms with Crippen molar-refractivity contribution >= 4 is 17.7 Å². The first-order valence-electron chi connectivity index (χ1n) is 10.4. The van der Waals surface area contributed by atoms with Crippen molar-refractivity contribution in [2.45, 2.75) is 13.8 Å². The molecule has 10 nitrogen and oxygen atoms in total. The predicted molar refractivity (Wildman–Crippen MR) is 121 cm³/mol. The number of hydrogen-bond acceptors (Lipinski definition) is 6. The quantitative estimate of drug-likeness (QED) is 0.368. The van der Waals surface area contributed by atoms with Crippen LogP contribution in [0.15, 0.2) is 54.6 Å². The molecule has 0 aliphatic rings. The monoisotopic (exact) mass is 451 g/mol. The zero-order valence-electron chi connectivity index (χ0n) is 18.3. The van der Waals surface area contributed by atoms with Crippen molar-refractivity contribution in [2.75, 3.05) is 19.8 Å². The minimum atomic E-state index is -0.601. The van der Waals surface area contributed by atoms with Gasteiger partial charge in [0.25, 0.3) is 17.7 Å². The molecule has 172 valence electrons. The van der Waals surface area contributed by atoms with Gasteiger partial charge in [-0.3, -0.25) is 30.3 Å².